The van der Waals surface area contributed by atoms with Gasteiger partial charge in [0.05, 0.1) is 0 Å². The molecule has 3 nitrogen and oxygen atoms in total. The van der Waals surface area contributed by atoms with Crippen molar-refractivity contribution in [3.63, 3.8) is 0 Å². The summed E-state index contributed by atoms with van der Waals surface area (Å²) in [4.78, 5) is 11.0. The SMILES string of the molecule is CC1CCC2=NNC(=O)CC2C1. The fraction of sp³-hybridized carbons (Fsp3) is 0.778. The average Bonchev–Trinajstić information content (AvgIpc) is 2.03. The second-order valence-electron chi connectivity index (χ2n) is 3.92. The summed E-state index contributed by atoms with van der Waals surface area (Å²) in [5.41, 5.74) is 3.76. The van der Waals surface area contributed by atoms with E-state index in [4.69, 9.17) is 0 Å². The Hall–Kier alpha value is -0.860. The molecule has 1 saturated carbocycles. The summed E-state index contributed by atoms with van der Waals surface area (Å²) in [6, 6.07) is 0. The lowest BCUT2D eigenvalue weighted by Crippen LogP contribution is -2.36. The van der Waals surface area contributed by atoms with Gasteiger partial charge in [-0.3, -0.25) is 4.79 Å². The van der Waals surface area contributed by atoms with Crippen LogP contribution in [-0.4, -0.2) is 11.6 Å². The number of hydrogen-bond acceptors (Lipinski definition) is 2. The molecule has 2 unspecified atom stereocenters. The molecule has 0 aromatic rings. The standard InChI is InChI=1S/C9H14N2O/c1-6-2-3-8-7(4-6)5-9(12)11-10-8/h6-7H,2-5H2,1H3,(H,11,12). The summed E-state index contributed by atoms with van der Waals surface area (Å²) in [6.45, 7) is 2.25. The van der Waals surface area contributed by atoms with E-state index in [2.05, 4.69) is 17.5 Å². The molecule has 1 fully saturated rings. The van der Waals surface area contributed by atoms with Crippen LogP contribution in [0.2, 0.25) is 0 Å². The van der Waals surface area contributed by atoms with E-state index in [1.165, 1.54) is 12.1 Å². The number of hydrogen-bond donors (Lipinski definition) is 1. The van der Waals surface area contributed by atoms with E-state index in [1.807, 2.05) is 0 Å². The van der Waals surface area contributed by atoms with Gasteiger partial charge in [0.15, 0.2) is 0 Å². The van der Waals surface area contributed by atoms with Crippen molar-refractivity contribution in [2.45, 2.75) is 32.6 Å². The summed E-state index contributed by atoms with van der Waals surface area (Å²) >= 11 is 0. The molecule has 2 rings (SSSR count). The highest BCUT2D eigenvalue weighted by atomic mass is 16.2. The van der Waals surface area contributed by atoms with Crippen molar-refractivity contribution in [2.24, 2.45) is 16.9 Å². The highest BCUT2D eigenvalue weighted by Gasteiger charge is 2.29. The first-order valence-corrected chi connectivity index (χ1v) is 4.61. The molecule has 0 aromatic carbocycles. The van der Waals surface area contributed by atoms with Crippen LogP contribution in [-0.2, 0) is 4.79 Å². The minimum absolute atomic E-state index is 0.0813. The number of fused-ring (bicyclic) bond motifs is 1. The number of amides is 1. The maximum absolute atomic E-state index is 11.0. The van der Waals surface area contributed by atoms with Gasteiger partial charge in [-0.15, -0.1) is 0 Å². The zero-order valence-corrected chi connectivity index (χ0v) is 7.34. The lowest BCUT2D eigenvalue weighted by molar-refractivity contribution is -0.122. The zero-order chi connectivity index (χ0) is 8.55. The van der Waals surface area contributed by atoms with Crippen LogP contribution < -0.4 is 5.43 Å². The summed E-state index contributed by atoms with van der Waals surface area (Å²) < 4.78 is 0. The highest BCUT2D eigenvalue weighted by Crippen LogP contribution is 2.30. The Morgan fingerprint density at radius 2 is 2.42 bits per heavy atom. The lowest BCUT2D eigenvalue weighted by Gasteiger charge is -2.30. The topological polar surface area (TPSA) is 41.5 Å². The van der Waals surface area contributed by atoms with Crippen LogP contribution in [0.3, 0.4) is 0 Å². The molecule has 1 aliphatic carbocycles. The largest absolute Gasteiger partial charge is 0.273 e. The first kappa shape index (κ1) is 7.77. The molecule has 0 saturated heterocycles. The van der Waals surface area contributed by atoms with Gasteiger partial charge >= 0.3 is 0 Å². The molecule has 1 aliphatic heterocycles. The van der Waals surface area contributed by atoms with E-state index in [0.717, 1.165) is 18.8 Å². The van der Waals surface area contributed by atoms with Crippen molar-refractivity contribution in [3.8, 4) is 0 Å². The van der Waals surface area contributed by atoms with E-state index in [-0.39, 0.29) is 5.91 Å². The van der Waals surface area contributed by atoms with Gasteiger partial charge in [-0.2, -0.15) is 5.10 Å². The van der Waals surface area contributed by atoms with Crippen molar-refractivity contribution in [1.29, 1.82) is 0 Å². The summed E-state index contributed by atoms with van der Waals surface area (Å²) in [7, 11) is 0. The van der Waals surface area contributed by atoms with E-state index >= 15 is 0 Å². The molecule has 3 heteroatoms. The predicted octanol–water partition coefficient (Wildman–Crippen LogP) is 1.30. The van der Waals surface area contributed by atoms with Crippen molar-refractivity contribution < 1.29 is 4.79 Å². The first-order chi connectivity index (χ1) is 5.75. The molecule has 0 spiro atoms. The van der Waals surface area contributed by atoms with Crippen LogP contribution in [0.25, 0.3) is 0 Å². The number of nitrogens with one attached hydrogen (secondary N) is 1. The van der Waals surface area contributed by atoms with Crippen LogP contribution in [0, 0.1) is 11.8 Å². The predicted molar refractivity (Wildman–Crippen MR) is 46.7 cm³/mol. The zero-order valence-electron chi connectivity index (χ0n) is 7.34. The maximum atomic E-state index is 11.0. The van der Waals surface area contributed by atoms with E-state index in [1.54, 1.807) is 0 Å². The molecule has 1 amide bonds. The van der Waals surface area contributed by atoms with Crippen molar-refractivity contribution in [2.75, 3.05) is 0 Å². The van der Waals surface area contributed by atoms with Gasteiger partial charge < -0.3 is 0 Å². The van der Waals surface area contributed by atoms with E-state index in [9.17, 15) is 4.79 Å². The number of hydrazone groups is 1. The Labute approximate surface area is 72.2 Å². The van der Waals surface area contributed by atoms with Gasteiger partial charge in [0.1, 0.15) is 0 Å². The second kappa shape index (κ2) is 2.88. The minimum atomic E-state index is 0.0813. The van der Waals surface area contributed by atoms with Crippen LogP contribution in [0.5, 0.6) is 0 Å². The van der Waals surface area contributed by atoms with Gasteiger partial charge in [-0.1, -0.05) is 6.92 Å². The number of nitrogens with zero attached hydrogens (tertiary/aromatic N) is 1. The van der Waals surface area contributed by atoms with Crippen molar-refractivity contribution in [1.82, 2.24) is 5.43 Å². The highest BCUT2D eigenvalue weighted by molar-refractivity contribution is 5.94. The third-order valence-electron chi connectivity index (χ3n) is 2.81. The van der Waals surface area contributed by atoms with E-state index in [0.29, 0.717) is 12.3 Å². The molecule has 0 radical (unpaired) electrons. The molecule has 2 atom stereocenters. The second-order valence-corrected chi connectivity index (χ2v) is 3.92. The molecule has 12 heavy (non-hydrogen) atoms. The van der Waals surface area contributed by atoms with Gasteiger partial charge in [0, 0.05) is 18.1 Å². The molecule has 2 aliphatic rings. The third kappa shape index (κ3) is 1.36. The van der Waals surface area contributed by atoms with Crippen molar-refractivity contribution in [3.05, 3.63) is 0 Å². The Bertz CT molecular complexity index is 235. The first-order valence-electron chi connectivity index (χ1n) is 4.61. The summed E-state index contributed by atoms with van der Waals surface area (Å²) in [6.07, 6.45) is 4.10. The molecule has 0 bridgehead atoms. The van der Waals surface area contributed by atoms with Gasteiger partial charge in [-0.05, 0) is 25.2 Å². The molecular weight excluding hydrogens is 152 g/mol. The molecule has 1 N–H and O–H groups in total. The monoisotopic (exact) mass is 166 g/mol. The number of carbonyl (C=O) groups is 1. The Balaban J connectivity index is 2.12. The molecule has 66 valence electrons. The molecule has 0 aromatic heterocycles. The fourth-order valence-corrected chi connectivity index (χ4v) is 2.09. The maximum Gasteiger partial charge on any atom is 0.240 e. The summed E-state index contributed by atoms with van der Waals surface area (Å²) in [5.74, 6) is 1.29. The van der Waals surface area contributed by atoms with Crippen LogP contribution in [0.4, 0.5) is 0 Å². The summed E-state index contributed by atoms with van der Waals surface area (Å²) in [5, 5.41) is 4.08. The van der Waals surface area contributed by atoms with E-state index < -0.39 is 0 Å². The molecule has 1 heterocycles. The molecular formula is C9H14N2O. The Kier molecular flexibility index (Phi) is 1.87. The van der Waals surface area contributed by atoms with Gasteiger partial charge in [0.25, 0.3) is 0 Å². The third-order valence-corrected chi connectivity index (χ3v) is 2.81. The quantitative estimate of drug-likeness (QED) is 0.579. The average molecular weight is 166 g/mol. The lowest BCUT2D eigenvalue weighted by atomic mass is 9.79. The number of rotatable bonds is 0. The Morgan fingerprint density at radius 3 is 3.25 bits per heavy atom. The van der Waals surface area contributed by atoms with Gasteiger partial charge in [0.2, 0.25) is 5.91 Å². The normalized spacial score (nSPS) is 35.1. The Morgan fingerprint density at radius 1 is 1.58 bits per heavy atom. The van der Waals surface area contributed by atoms with Crippen LogP contribution >= 0.6 is 0 Å². The van der Waals surface area contributed by atoms with Crippen molar-refractivity contribution >= 4 is 11.6 Å². The fourth-order valence-electron chi connectivity index (χ4n) is 2.09. The van der Waals surface area contributed by atoms with Crippen LogP contribution in [0.1, 0.15) is 32.6 Å². The smallest absolute Gasteiger partial charge is 0.240 e. The minimum Gasteiger partial charge on any atom is -0.273 e. The van der Waals surface area contributed by atoms with Crippen LogP contribution in [0.15, 0.2) is 5.10 Å². The van der Waals surface area contributed by atoms with Gasteiger partial charge in [-0.25, -0.2) is 5.43 Å². The number of carbonyl (C=O) groups excluding carboxylic acids is 1.